The number of aryl methyl sites for hydroxylation is 2. The molecule has 0 aliphatic carbocycles. The van der Waals surface area contributed by atoms with Gasteiger partial charge in [-0.1, -0.05) is 15.9 Å². The molecule has 2 heterocycles. The molecule has 0 spiro atoms. The fraction of sp³-hybridized carbons (Fsp3) is 0.143. The van der Waals surface area contributed by atoms with Crippen LogP contribution in [-0.4, -0.2) is 9.97 Å². The molecule has 0 radical (unpaired) electrons. The van der Waals surface area contributed by atoms with Gasteiger partial charge in [-0.3, -0.25) is 0 Å². The van der Waals surface area contributed by atoms with Crippen LogP contribution in [0.5, 0.6) is 0 Å². The van der Waals surface area contributed by atoms with Gasteiger partial charge in [0.2, 0.25) is 5.28 Å². The van der Waals surface area contributed by atoms with Gasteiger partial charge >= 0.3 is 0 Å². The number of thiophene rings is 1. The number of hydrogen-bond donors (Lipinski definition) is 1. The molecule has 3 rings (SSSR count). The van der Waals surface area contributed by atoms with E-state index in [0.717, 1.165) is 26.2 Å². The molecular formula is C14H11BrClN3S. The summed E-state index contributed by atoms with van der Waals surface area (Å²) in [4.78, 5) is 10.6. The molecule has 0 fully saturated rings. The Balaban J connectivity index is 2.09. The SMILES string of the molecule is Cc1cc(Br)cc(Nc2nc(Cl)nc3sc(C)cc23)c1. The van der Waals surface area contributed by atoms with Crippen LogP contribution in [0.3, 0.4) is 0 Å². The van der Waals surface area contributed by atoms with Crippen molar-refractivity contribution in [3.8, 4) is 0 Å². The van der Waals surface area contributed by atoms with E-state index >= 15 is 0 Å². The zero-order chi connectivity index (χ0) is 14.3. The zero-order valence-corrected chi connectivity index (χ0v) is 14.0. The molecule has 1 N–H and O–H groups in total. The van der Waals surface area contributed by atoms with E-state index < -0.39 is 0 Å². The Bertz CT molecular complexity index is 780. The molecule has 0 saturated heterocycles. The highest BCUT2D eigenvalue weighted by Crippen LogP contribution is 2.32. The quantitative estimate of drug-likeness (QED) is 0.610. The minimum atomic E-state index is 0.258. The summed E-state index contributed by atoms with van der Waals surface area (Å²) in [5.41, 5.74) is 2.14. The lowest BCUT2D eigenvalue weighted by molar-refractivity contribution is 1.23. The molecule has 6 heteroatoms. The summed E-state index contributed by atoms with van der Waals surface area (Å²) >= 11 is 11.1. The van der Waals surface area contributed by atoms with Crippen LogP contribution in [0.1, 0.15) is 10.4 Å². The lowest BCUT2D eigenvalue weighted by atomic mass is 10.2. The first-order valence-electron chi connectivity index (χ1n) is 5.99. The van der Waals surface area contributed by atoms with Gasteiger partial charge in [0.25, 0.3) is 0 Å². The third-order valence-electron chi connectivity index (χ3n) is 2.79. The van der Waals surface area contributed by atoms with Crippen LogP contribution in [0.25, 0.3) is 10.2 Å². The highest BCUT2D eigenvalue weighted by molar-refractivity contribution is 9.10. The van der Waals surface area contributed by atoms with Crippen molar-refractivity contribution in [1.29, 1.82) is 0 Å². The highest BCUT2D eigenvalue weighted by Gasteiger charge is 2.10. The Morgan fingerprint density at radius 3 is 2.70 bits per heavy atom. The van der Waals surface area contributed by atoms with Crippen LogP contribution in [0.4, 0.5) is 11.5 Å². The maximum absolute atomic E-state index is 6.00. The zero-order valence-electron chi connectivity index (χ0n) is 10.9. The average molecular weight is 369 g/mol. The number of rotatable bonds is 2. The predicted octanol–water partition coefficient (Wildman–Crippen LogP) is 5.47. The number of hydrogen-bond acceptors (Lipinski definition) is 4. The highest BCUT2D eigenvalue weighted by atomic mass is 79.9. The predicted molar refractivity (Wildman–Crippen MR) is 89.3 cm³/mol. The van der Waals surface area contributed by atoms with Crippen LogP contribution >= 0.6 is 38.9 Å². The molecule has 2 aromatic heterocycles. The molecule has 0 bridgehead atoms. The molecule has 3 aromatic rings. The summed E-state index contributed by atoms with van der Waals surface area (Å²) in [6, 6.07) is 8.20. The lowest BCUT2D eigenvalue weighted by Crippen LogP contribution is -1.96. The standard InChI is InChI=1S/C14H11BrClN3S/c1-7-3-9(15)6-10(4-7)17-12-11-5-8(2)20-13(11)19-14(16)18-12/h3-6H,1-2H3,(H,17,18,19). The van der Waals surface area contributed by atoms with E-state index in [1.807, 2.05) is 19.9 Å². The lowest BCUT2D eigenvalue weighted by Gasteiger charge is -2.08. The van der Waals surface area contributed by atoms with Gasteiger partial charge in [-0.05, 0) is 55.3 Å². The van der Waals surface area contributed by atoms with Gasteiger partial charge in [0.15, 0.2) is 0 Å². The number of aromatic nitrogens is 2. The summed E-state index contributed by atoms with van der Waals surface area (Å²) < 4.78 is 1.03. The Morgan fingerprint density at radius 1 is 1.15 bits per heavy atom. The molecule has 3 nitrogen and oxygen atoms in total. The first-order chi connectivity index (χ1) is 9.51. The molecule has 0 atom stereocenters. The van der Waals surface area contributed by atoms with E-state index in [9.17, 15) is 0 Å². The first kappa shape index (κ1) is 13.8. The Kier molecular flexibility index (Phi) is 3.67. The van der Waals surface area contributed by atoms with Gasteiger partial charge in [-0.15, -0.1) is 11.3 Å². The molecule has 0 unspecified atom stereocenters. The summed E-state index contributed by atoms with van der Waals surface area (Å²) in [5.74, 6) is 0.738. The minimum Gasteiger partial charge on any atom is -0.340 e. The number of halogens is 2. The van der Waals surface area contributed by atoms with Crippen molar-refractivity contribution in [3.63, 3.8) is 0 Å². The minimum absolute atomic E-state index is 0.258. The van der Waals surface area contributed by atoms with Crippen molar-refractivity contribution < 1.29 is 0 Å². The van der Waals surface area contributed by atoms with E-state index in [0.29, 0.717) is 0 Å². The van der Waals surface area contributed by atoms with Crippen molar-refractivity contribution in [1.82, 2.24) is 9.97 Å². The number of nitrogens with one attached hydrogen (secondary N) is 1. The van der Waals surface area contributed by atoms with Crippen LogP contribution in [0.15, 0.2) is 28.7 Å². The van der Waals surface area contributed by atoms with E-state index in [-0.39, 0.29) is 5.28 Å². The van der Waals surface area contributed by atoms with E-state index in [4.69, 9.17) is 11.6 Å². The van der Waals surface area contributed by atoms with E-state index in [1.54, 1.807) is 11.3 Å². The van der Waals surface area contributed by atoms with Gasteiger partial charge in [0.1, 0.15) is 10.6 Å². The summed E-state index contributed by atoms with van der Waals surface area (Å²) in [7, 11) is 0. The maximum atomic E-state index is 6.00. The van der Waals surface area contributed by atoms with Crippen molar-refractivity contribution in [2.45, 2.75) is 13.8 Å². The Morgan fingerprint density at radius 2 is 1.95 bits per heavy atom. The third-order valence-corrected chi connectivity index (χ3v) is 4.36. The molecule has 0 aliphatic rings. The second-order valence-corrected chi connectivity index (χ2v) is 7.05. The van der Waals surface area contributed by atoms with Gasteiger partial charge in [0, 0.05) is 15.0 Å². The molecule has 20 heavy (non-hydrogen) atoms. The first-order valence-corrected chi connectivity index (χ1v) is 7.98. The molecule has 102 valence electrons. The second kappa shape index (κ2) is 5.31. The number of fused-ring (bicyclic) bond motifs is 1. The fourth-order valence-electron chi connectivity index (χ4n) is 2.06. The maximum Gasteiger partial charge on any atom is 0.225 e. The van der Waals surface area contributed by atoms with Crippen LogP contribution < -0.4 is 5.32 Å². The Hall–Kier alpha value is -1.17. The summed E-state index contributed by atoms with van der Waals surface area (Å²) in [6.45, 7) is 4.10. The third kappa shape index (κ3) is 2.80. The van der Waals surface area contributed by atoms with E-state index in [1.165, 1.54) is 10.4 Å². The number of benzene rings is 1. The molecular weight excluding hydrogens is 358 g/mol. The largest absolute Gasteiger partial charge is 0.340 e. The Labute approximate surface area is 134 Å². The average Bonchev–Trinajstić information content (AvgIpc) is 2.68. The second-order valence-electron chi connectivity index (χ2n) is 4.56. The van der Waals surface area contributed by atoms with Crippen molar-refractivity contribution in [2.75, 3.05) is 5.32 Å². The van der Waals surface area contributed by atoms with Gasteiger partial charge < -0.3 is 5.32 Å². The van der Waals surface area contributed by atoms with E-state index in [2.05, 4.69) is 49.4 Å². The van der Waals surface area contributed by atoms with Crippen molar-refractivity contribution in [3.05, 3.63) is 44.5 Å². The number of nitrogens with zero attached hydrogens (tertiary/aromatic N) is 2. The van der Waals surface area contributed by atoms with Crippen LogP contribution in [0.2, 0.25) is 5.28 Å². The van der Waals surface area contributed by atoms with Crippen molar-refractivity contribution >= 4 is 60.6 Å². The van der Waals surface area contributed by atoms with Gasteiger partial charge in [-0.25, -0.2) is 4.98 Å². The molecule has 0 aliphatic heterocycles. The normalized spacial score (nSPS) is 11.0. The monoisotopic (exact) mass is 367 g/mol. The molecule has 1 aromatic carbocycles. The number of anilines is 2. The van der Waals surface area contributed by atoms with Gasteiger partial charge in [-0.2, -0.15) is 4.98 Å². The summed E-state index contributed by atoms with van der Waals surface area (Å²) in [5, 5.41) is 4.58. The fourth-order valence-corrected chi connectivity index (χ4v) is 3.76. The topological polar surface area (TPSA) is 37.8 Å². The van der Waals surface area contributed by atoms with Gasteiger partial charge in [0.05, 0.1) is 5.39 Å². The van der Waals surface area contributed by atoms with Crippen LogP contribution in [-0.2, 0) is 0 Å². The summed E-state index contributed by atoms with van der Waals surface area (Å²) in [6.07, 6.45) is 0. The molecule has 0 saturated carbocycles. The molecule has 0 amide bonds. The van der Waals surface area contributed by atoms with Crippen molar-refractivity contribution in [2.24, 2.45) is 0 Å². The smallest absolute Gasteiger partial charge is 0.225 e. The van der Waals surface area contributed by atoms with Crippen LogP contribution in [0, 0.1) is 13.8 Å².